The molecule has 0 aromatic heterocycles. The van der Waals surface area contributed by atoms with E-state index in [1.165, 1.54) is 5.56 Å². The smallest absolute Gasteiger partial charge is 0.223 e. The van der Waals surface area contributed by atoms with Gasteiger partial charge in [0.05, 0.1) is 19.3 Å². The molecule has 4 heteroatoms. The van der Waals surface area contributed by atoms with Crippen LogP contribution in [0.3, 0.4) is 0 Å². The summed E-state index contributed by atoms with van der Waals surface area (Å²) >= 11 is 0. The Morgan fingerprint density at radius 3 is 2.59 bits per heavy atom. The second-order valence-electron chi connectivity index (χ2n) is 6.07. The molecule has 0 spiro atoms. The minimum atomic E-state index is 0.0473. The number of benzene rings is 1. The Kier molecular flexibility index (Phi) is 6.87. The monoisotopic (exact) mass is 304 g/mol. The molecule has 4 nitrogen and oxygen atoms in total. The van der Waals surface area contributed by atoms with Gasteiger partial charge in [0, 0.05) is 25.6 Å². The van der Waals surface area contributed by atoms with Crippen molar-refractivity contribution in [3.05, 3.63) is 35.9 Å². The van der Waals surface area contributed by atoms with Gasteiger partial charge in [-0.15, -0.1) is 0 Å². The van der Waals surface area contributed by atoms with E-state index in [0.717, 1.165) is 45.7 Å². The van der Waals surface area contributed by atoms with Gasteiger partial charge in [-0.05, 0) is 12.0 Å². The first-order valence-corrected chi connectivity index (χ1v) is 8.36. The Balaban J connectivity index is 2.02. The Morgan fingerprint density at radius 1 is 1.27 bits per heavy atom. The quantitative estimate of drug-likeness (QED) is 0.842. The molecule has 1 fully saturated rings. The van der Waals surface area contributed by atoms with Crippen LogP contribution in [-0.2, 0) is 9.53 Å². The molecule has 2 rings (SSSR count). The van der Waals surface area contributed by atoms with Crippen LogP contribution in [0.4, 0.5) is 0 Å². The molecule has 1 N–H and O–H groups in total. The molecule has 1 aliphatic heterocycles. The van der Waals surface area contributed by atoms with Crippen molar-refractivity contribution in [3.63, 3.8) is 0 Å². The minimum Gasteiger partial charge on any atom is -0.379 e. The molecule has 2 atom stereocenters. The van der Waals surface area contributed by atoms with E-state index < -0.39 is 0 Å². The molecule has 2 unspecified atom stereocenters. The molecular formula is C18H28N2O2. The lowest BCUT2D eigenvalue weighted by molar-refractivity contribution is -0.125. The van der Waals surface area contributed by atoms with Crippen LogP contribution < -0.4 is 5.32 Å². The Labute approximate surface area is 133 Å². The van der Waals surface area contributed by atoms with Crippen LogP contribution in [0.15, 0.2) is 30.3 Å². The minimum absolute atomic E-state index is 0.0473. The second-order valence-corrected chi connectivity index (χ2v) is 6.07. The number of hydrogen-bond donors (Lipinski definition) is 1. The summed E-state index contributed by atoms with van der Waals surface area (Å²) in [5.41, 5.74) is 1.17. The van der Waals surface area contributed by atoms with Gasteiger partial charge in [0.25, 0.3) is 0 Å². The predicted octanol–water partition coefficient (Wildman–Crippen LogP) is 2.61. The van der Waals surface area contributed by atoms with Crippen LogP contribution >= 0.6 is 0 Å². The van der Waals surface area contributed by atoms with Gasteiger partial charge in [0.2, 0.25) is 5.91 Å². The zero-order chi connectivity index (χ0) is 15.8. The molecule has 0 bridgehead atoms. The molecule has 122 valence electrons. The van der Waals surface area contributed by atoms with Crippen molar-refractivity contribution in [2.45, 2.75) is 32.7 Å². The number of ether oxygens (including phenoxy) is 1. The van der Waals surface area contributed by atoms with Gasteiger partial charge in [0.1, 0.15) is 0 Å². The highest BCUT2D eigenvalue weighted by atomic mass is 16.5. The summed E-state index contributed by atoms with van der Waals surface area (Å²) in [6.07, 6.45) is 1.97. The lowest BCUT2D eigenvalue weighted by Gasteiger charge is -2.31. The maximum absolute atomic E-state index is 12.4. The number of nitrogens with one attached hydrogen (secondary N) is 1. The van der Waals surface area contributed by atoms with Gasteiger partial charge in [-0.3, -0.25) is 9.69 Å². The third-order valence-corrected chi connectivity index (χ3v) is 4.23. The topological polar surface area (TPSA) is 41.6 Å². The number of hydrogen-bond acceptors (Lipinski definition) is 3. The number of amides is 1. The molecule has 1 aliphatic rings. The molecule has 0 radical (unpaired) electrons. The number of rotatable bonds is 7. The van der Waals surface area contributed by atoms with Gasteiger partial charge >= 0.3 is 0 Å². The van der Waals surface area contributed by atoms with E-state index in [4.69, 9.17) is 4.74 Å². The van der Waals surface area contributed by atoms with Crippen LogP contribution in [0.5, 0.6) is 0 Å². The molecule has 1 amide bonds. The van der Waals surface area contributed by atoms with Crippen molar-refractivity contribution < 1.29 is 9.53 Å². The lowest BCUT2D eigenvalue weighted by Crippen LogP contribution is -2.44. The largest absolute Gasteiger partial charge is 0.379 e. The first-order valence-electron chi connectivity index (χ1n) is 8.36. The fourth-order valence-corrected chi connectivity index (χ4v) is 2.84. The average molecular weight is 304 g/mol. The summed E-state index contributed by atoms with van der Waals surface area (Å²) in [5.74, 6) is 0.227. The third kappa shape index (κ3) is 5.11. The van der Waals surface area contributed by atoms with Crippen molar-refractivity contribution >= 4 is 5.91 Å². The number of nitrogens with zero attached hydrogens (tertiary/aromatic N) is 1. The molecule has 0 aliphatic carbocycles. The van der Waals surface area contributed by atoms with Crippen molar-refractivity contribution in [1.82, 2.24) is 10.2 Å². The first kappa shape index (κ1) is 17.0. The third-order valence-electron chi connectivity index (χ3n) is 4.23. The van der Waals surface area contributed by atoms with E-state index in [9.17, 15) is 4.79 Å². The Hall–Kier alpha value is -1.39. The molecule has 1 heterocycles. The van der Waals surface area contributed by atoms with Gasteiger partial charge < -0.3 is 10.1 Å². The van der Waals surface area contributed by atoms with Gasteiger partial charge in [-0.2, -0.15) is 0 Å². The number of morpholine rings is 1. The van der Waals surface area contributed by atoms with Crippen LogP contribution in [0.25, 0.3) is 0 Å². The maximum atomic E-state index is 12.4. The van der Waals surface area contributed by atoms with Crippen LogP contribution in [0, 0.1) is 5.92 Å². The fraction of sp³-hybridized carbons (Fsp3) is 0.611. The van der Waals surface area contributed by atoms with Crippen molar-refractivity contribution in [2.75, 3.05) is 32.8 Å². The SMILES string of the molecule is CCCC(C)C(=O)NC(CN1CCOCC1)c1ccccc1. The summed E-state index contributed by atoms with van der Waals surface area (Å²) in [6.45, 7) is 8.40. The second kappa shape index (κ2) is 8.91. The summed E-state index contributed by atoms with van der Waals surface area (Å²) in [6, 6.07) is 10.3. The predicted molar refractivity (Wildman–Crippen MR) is 88.7 cm³/mol. The highest BCUT2D eigenvalue weighted by Gasteiger charge is 2.22. The number of carbonyl (C=O) groups is 1. The summed E-state index contributed by atoms with van der Waals surface area (Å²) < 4.78 is 5.41. The Bertz CT molecular complexity index is 444. The van der Waals surface area contributed by atoms with Gasteiger partial charge in [0.15, 0.2) is 0 Å². The standard InChI is InChI=1S/C18H28N2O2/c1-3-7-15(2)18(21)19-17(16-8-5-4-6-9-16)14-20-10-12-22-13-11-20/h4-6,8-9,15,17H,3,7,10-14H2,1-2H3,(H,19,21). The maximum Gasteiger partial charge on any atom is 0.223 e. The normalized spacial score (nSPS) is 18.6. The van der Waals surface area contributed by atoms with Gasteiger partial charge in [-0.25, -0.2) is 0 Å². The van der Waals surface area contributed by atoms with E-state index in [-0.39, 0.29) is 17.9 Å². The van der Waals surface area contributed by atoms with E-state index in [2.05, 4.69) is 29.3 Å². The molecule has 1 aromatic rings. The summed E-state index contributed by atoms with van der Waals surface area (Å²) in [7, 11) is 0. The fourth-order valence-electron chi connectivity index (χ4n) is 2.84. The molecule has 0 saturated carbocycles. The lowest BCUT2D eigenvalue weighted by atomic mass is 10.0. The first-order chi connectivity index (χ1) is 10.7. The van der Waals surface area contributed by atoms with Gasteiger partial charge in [-0.1, -0.05) is 50.6 Å². The summed E-state index contributed by atoms with van der Waals surface area (Å²) in [5, 5.41) is 3.24. The summed E-state index contributed by atoms with van der Waals surface area (Å²) in [4.78, 5) is 14.8. The van der Waals surface area contributed by atoms with E-state index in [1.54, 1.807) is 0 Å². The molecule has 22 heavy (non-hydrogen) atoms. The Morgan fingerprint density at radius 2 is 1.95 bits per heavy atom. The van der Waals surface area contributed by atoms with Crippen molar-refractivity contribution in [2.24, 2.45) is 5.92 Å². The van der Waals surface area contributed by atoms with Crippen molar-refractivity contribution in [1.29, 1.82) is 0 Å². The van der Waals surface area contributed by atoms with Crippen LogP contribution in [0.1, 0.15) is 38.3 Å². The highest BCUT2D eigenvalue weighted by molar-refractivity contribution is 5.78. The highest BCUT2D eigenvalue weighted by Crippen LogP contribution is 2.17. The van der Waals surface area contributed by atoms with E-state index in [0.29, 0.717) is 0 Å². The van der Waals surface area contributed by atoms with E-state index >= 15 is 0 Å². The molecule has 1 saturated heterocycles. The average Bonchev–Trinajstić information content (AvgIpc) is 2.56. The molecule has 1 aromatic carbocycles. The zero-order valence-electron chi connectivity index (χ0n) is 13.8. The molecular weight excluding hydrogens is 276 g/mol. The number of carbonyl (C=O) groups excluding carboxylic acids is 1. The van der Waals surface area contributed by atoms with E-state index in [1.807, 2.05) is 25.1 Å². The van der Waals surface area contributed by atoms with Crippen molar-refractivity contribution in [3.8, 4) is 0 Å². The van der Waals surface area contributed by atoms with Crippen LogP contribution in [0.2, 0.25) is 0 Å². The zero-order valence-corrected chi connectivity index (χ0v) is 13.8. The van der Waals surface area contributed by atoms with Crippen LogP contribution in [-0.4, -0.2) is 43.7 Å².